The number of nitrogens with one attached hydrogen (secondary N) is 3. The van der Waals surface area contributed by atoms with Gasteiger partial charge in [-0.15, -0.1) is 0 Å². The fourth-order valence-electron chi connectivity index (χ4n) is 2.59. The fraction of sp³-hybridized carbons (Fsp3) is 0.450. The van der Waals surface area contributed by atoms with E-state index in [1.165, 1.54) is 5.56 Å². The summed E-state index contributed by atoms with van der Waals surface area (Å²) in [6, 6.07) is 6.58. The Bertz CT molecular complexity index is 811. The number of hydrogen-bond acceptors (Lipinski definition) is 3. The Morgan fingerprint density at radius 3 is 2.52 bits per heavy atom. The van der Waals surface area contributed by atoms with Crippen LogP contribution in [0.5, 0.6) is 0 Å². The Kier molecular flexibility index (Phi) is 6.98. The van der Waals surface area contributed by atoms with Gasteiger partial charge in [0.1, 0.15) is 0 Å². The molecule has 0 aliphatic rings. The first kappa shape index (κ1) is 20.5. The molecule has 0 bridgehead atoms. The molecule has 0 radical (unpaired) electrons. The van der Waals surface area contributed by atoms with Gasteiger partial charge in [0.2, 0.25) is 0 Å². The highest BCUT2D eigenvalue weighted by Crippen LogP contribution is 2.11. The standard InChI is InChI=1S/C20H29N5O2/c1-13(2)12-22-19(26)17-7-6-8-18(11-17)23-20(27)21-9-10-25-16(5)14(3)15(4)24-25/h6-8,11,13H,9-10,12H2,1-5H3,(H,22,26)(H2,21,23,27). The maximum atomic E-state index is 12.1. The van der Waals surface area contributed by atoms with Gasteiger partial charge in [-0.1, -0.05) is 19.9 Å². The zero-order chi connectivity index (χ0) is 20.0. The molecule has 7 heteroatoms. The van der Waals surface area contributed by atoms with Crippen LogP contribution < -0.4 is 16.0 Å². The van der Waals surface area contributed by atoms with E-state index in [0.717, 1.165) is 11.4 Å². The highest BCUT2D eigenvalue weighted by Gasteiger charge is 2.09. The molecule has 0 aliphatic carbocycles. The minimum absolute atomic E-state index is 0.146. The van der Waals surface area contributed by atoms with Gasteiger partial charge in [0, 0.05) is 30.0 Å². The number of rotatable bonds is 7. The molecule has 3 amide bonds. The summed E-state index contributed by atoms with van der Waals surface area (Å²) in [6.07, 6.45) is 0. The number of anilines is 1. The third-order valence-corrected chi connectivity index (χ3v) is 4.41. The molecule has 0 unspecified atom stereocenters. The first-order chi connectivity index (χ1) is 12.8. The number of aromatic nitrogens is 2. The number of carbonyl (C=O) groups is 2. The Hall–Kier alpha value is -2.83. The van der Waals surface area contributed by atoms with E-state index in [0.29, 0.717) is 36.8 Å². The molecule has 27 heavy (non-hydrogen) atoms. The van der Waals surface area contributed by atoms with Crippen LogP contribution in [-0.4, -0.2) is 34.8 Å². The molecule has 0 fully saturated rings. The third-order valence-electron chi connectivity index (χ3n) is 4.41. The molecule has 1 aromatic carbocycles. The van der Waals surface area contributed by atoms with E-state index < -0.39 is 0 Å². The van der Waals surface area contributed by atoms with Crippen LogP contribution in [0.15, 0.2) is 24.3 Å². The summed E-state index contributed by atoms with van der Waals surface area (Å²) >= 11 is 0. The maximum Gasteiger partial charge on any atom is 0.319 e. The fourth-order valence-corrected chi connectivity index (χ4v) is 2.59. The van der Waals surface area contributed by atoms with Crippen molar-refractivity contribution < 1.29 is 9.59 Å². The van der Waals surface area contributed by atoms with Crippen LogP contribution in [0.2, 0.25) is 0 Å². The third kappa shape index (κ3) is 5.84. The Labute approximate surface area is 160 Å². The van der Waals surface area contributed by atoms with Crippen molar-refractivity contribution in [3.63, 3.8) is 0 Å². The summed E-state index contributed by atoms with van der Waals surface area (Å²) in [6.45, 7) is 11.8. The van der Waals surface area contributed by atoms with Gasteiger partial charge in [-0.2, -0.15) is 5.10 Å². The molecule has 2 rings (SSSR count). The van der Waals surface area contributed by atoms with E-state index in [2.05, 4.69) is 21.0 Å². The molecule has 0 atom stereocenters. The van der Waals surface area contributed by atoms with Gasteiger partial charge < -0.3 is 16.0 Å². The van der Waals surface area contributed by atoms with Crippen molar-refractivity contribution in [3.05, 3.63) is 46.8 Å². The molecular weight excluding hydrogens is 342 g/mol. The smallest absolute Gasteiger partial charge is 0.319 e. The van der Waals surface area contributed by atoms with E-state index in [1.54, 1.807) is 24.3 Å². The molecule has 2 aromatic rings. The van der Waals surface area contributed by atoms with Crippen molar-refractivity contribution in [2.75, 3.05) is 18.4 Å². The van der Waals surface area contributed by atoms with E-state index in [1.807, 2.05) is 39.3 Å². The minimum Gasteiger partial charge on any atom is -0.352 e. The average Bonchev–Trinajstić information content (AvgIpc) is 2.87. The first-order valence-corrected chi connectivity index (χ1v) is 9.21. The number of urea groups is 1. The summed E-state index contributed by atoms with van der Waals surface area (Å²) in [4.78, 5) is 24.2. The molecule has 0 saturated heterocycles. The van der Waals surface area contributed by atoms with Crippen molar-refractivity contribution in [2.45, 2.75) is 41.2 Å². The van der Waals surface area contributed by atoms with E-state index in [9.17, 15) is 9.59 Å². The van der Waals surface area contributed by atoms with E-state index in [4.69, 9.17) is 0 Å². The predicted molar refractivity (Wildman–Crippen MR) is 107 cm³/mol. The van der Waals surface area contributed by atoms with Crippen molar-refractivity contribution in [2.24, 2.45) is 5.92 Å². The predicted octanol–water partition coefficient (Wildman–Crippen LogP) is 3.02. The molecule has 0 saturated carbocycles. The molecule has 1 heterocycles. The summed E-state index contributed by atoms with van der Waals surface area (Å²) < 4.78 is 1.89. The molecule has 0 spiro atoms. The molecular formula is C20H29N5O2. The van der Waals surface area contributed by atoms with Crippen LogP contribution in [0.3, 0.4) is 0 Å². The first-order valence-electron chi connectivity index (χ1n) is 9.21. The number of benzene rings is 1. The van der Waals surface area contributed by atoms with Crippen molar-refractivity contribution in [3.8, 4) is 0 Å². The van der Waals surface area contributed by atoms with Crippen molar-refractivity contribution >= 4 is 17.6 Å². The lowest BCUT2D eigenvalue weighted by Gasteiger charge is -2.11. The summed E-state index contributed by atoms with van der Waals surface area (Å²) in [7, 11) is 0. The maximum absolute atomic E-state index is 12.1. The summed E-state index contributed by atoms with van der Waals surface area (Å²) in [5.41, 5.74) is 4.38. The number of aryl methyl sites for hydroxylation is 1. The molecule has 146 valence electrons. The van der Waals surface area contributed by atoms with Crippen LogP contribution in [-0.2, 0) is 6.54 Å². The zero-order valence-corrected chi connectivity index (χ0v) is 16.7. The van der Waals surface area contributed by atoms with Gasteiger partial charge in [0.25, 0.3) is 5.91 Å². The van der Waals surface area contributed by atoms with Crippen LogP contribution in [0.25, 0.3) is 0 Å². The van der Waals surface area contributed by atoms with Crippen LogP contribution in [0.4, 0.5) is 10.5 Å². The lowest BCUT2D eigenvalue weighted by Crippen LogP contribution is -2.32. The van der Waals surface area contributed by atoms with Crippen molar-refractivity contribution in [1.82, 2.24) is 20.4 Å². The lowest BCUT2D eigenvalue weighted by atomic mass is 10.1. The summed E-state index contributed by atoms with van der Waals surface area (Å²) in [5.74, 6) is 0.236. The number of amides is 3. The average molecular weight is 371 g/mol. The lowest BCUT2D eigenvalue weighted by molar-refractivity contribution is 0.0949. The second-order valence-electron chi connectivity index (χ2n) is 7.08. The van der Waals surface area contributed by atoms with Gasteiger partial charge in [-0.3, -0.25) is 9.48 Å². The highest BCUT2D eigenvalue weighted by molar-refractivity contribution is 5.96. The zero-order valence-electron chi connectivity index (χ0n) is 16.7. The van der Waals surface area contributed by atoms with Crippen LogP contribution in [0.1, 0.15) is 41.2 Å². The minimum atomic E-state index is -0.312. The number of nitrogens with zero attached hydrogens (tertiary/aromatic N) is 2. The van der Waals surface area contributed by atoms with Crippen molar-refractivity contribution in [1.29, 1.82) is 0 Å². The second kappa shape index (κ2) is 9.21. The second-order valence-corrected chi connectivity index (χ2v) is 7.08. The molecule has 3 N–H and O–H groups in total. The van der Waals surface area contributed by atoms with E-state index in [-0.39, 0.29) is 11.9 Å². The Balaban J connectivity index is 1.85. The SMILES string of the molecule is Cc1nn(CCNC(=O)Nc2cccc(C(=O)NCC(C)C)c2)c(C)c1C. The topological polar surface area (TPSA) is 88.1 Å². The van der Waals surface area contributed by atoms with Gasteiger partial charge in [0.05, 0.1) is 12.2 Å². The van der Waals surface area contributed by atoms with Gasteiger partial charge >= 0.3 is 6.03 Å². The summed E-state index contributed by atoms with van der Waals surface area (Å²) in [5, 5.41) is 12.9. The Morgan fingerprint density at radius 2 is 1.89 bits per heavy atom. The molecule has 7 nitrogen and oxygen atoms in total. The normalized spacial score (nSPS) is 10.7. The monoisotopic (exact) mass is 371 g/mol. The van der Waals surface area contributed by atoms with Crippen LogP contribution in [0, 0.1) is 26.7 Å². The highest BCUT2D eigenvalue weighted by atomic mass is 16.2. The van der Waals surface area contributed by atoms with Gasteiger partial charge in [0.15, 0.2) is 0 Å². The Morgan fingerprint density at radius 1 is 1.15 bits per heavy atom. The van der Waals surface area contributed by atoms with Gasteiger partial charge in [-0.25, -0.2) is 4.79 Å². The number of carbonyl (C=O) groups excluding carboxylic acids is 2. The molecule has 1 aromatic heterocycles. The largest absolute Gasteiger partial charge is 0.352 e. The number of hydrogen-bond donors (Lipinski definition) is 3. The quantitative estimate of drug-likeness (QED) is 0.699. The van der Waals surface area contributed by atoms with Gasteiger partial charge in [-0.05, 0) is 50.5 Å². The van der Waals surface area contributed by atoms with E-state index >= 15 is 0 Å². The van der Waals surface area contributed by atoms with Crippen LogP contribution >= 0.6 is 0 Å². The molecule has 0 aliphatic heterocycles.